The molecule has 0 radical (unpaired) electrons. The number of para-hydroxylation sites is 1. The summed E-state index contributed by atoms with van der Waals surface area (Å²) in [6.07, 6.45) is 0. The van der Waals surface area contributed by atoms with Crippen molar-refractivity contribution in [3.8, 4) is 11.4 Å². The van der Waals surface area contributed by atoms with Gasteiger partial charge in [0, 0.05) is 0 Å². The molecule has 0 aliphatic carbocycles. The number of ether oxygens (including phenoxy) is 1. The minimum Gasteiger partial charge on any atom is -0.492 e. The van der Waals surface area contributed by atoms with Crippen LogP contribution in [0, 0.1) is 13.8 Å². The molecule has 1 aromatic carbocycles. The van der Waals surface area contributed by atoms with Crippen molar-refractivity contribution in [2.24, 2.45) is 0 Å². The third-order valence-electron chi connectivity index (χ3n) is 2.46. The Morgan fingerprint density at radius 3 is 2.38 bits per heavy atom. The summed E-state index contributed by atoms with van der Waals surface area (Å²) in [4.78, 5) is 1.54. The fourth-order valence-corrected chi connectivity index (χ4v) is 1.48. The summed E-state index contributed by atoms with van der Waals surface area (Å²) in [5.74, 6) is 0.595. The predicted molar refractivity (Wildman–Crippen MR) is 61.8 cm³/mol. The van der Waals surface area contributed by atoms with Gasteiger partial charge in [0.25, 0.3) is 0 Å². The maximum atomic E-state index is 5.82. The molecule has 0 saturated carbocycles. The van der Waals surface area contributed by atoms with Crippen LogP contribution in [0.5, 0.6) is 5.75 Å². The van der Waals surface area contributed by atoms with Gasteiger partial charge in [-0.1, -0.05) is 6.07 Å². The molecule has 0 spiro atoms. The molecule has 5 nitrogen and oxygen atoms in total. The van der Waals surface area contributed by atoms with E-state index in [1.54, 1.807) is 18.0 Å². The van der Waals surface area contributed by atoms with Crippen LogP contribution >= 0.6 is 0 Å². The van der Waals surface area contributed by atoms with Crippen molar-refractivity contribution in [3.63, 3.8) is 0 Å². The Labute approximate surface area is 93.8 Å². The summed E-state index contributed by atoms with van der Waals surface area (Å²) in [6, 6.07) is 5.50. The second-order valence-corrected chi connectivity index (χ2v) is 3.56. The highest BCUT2D eigenvalue weighted by atomic mass is 16.5. The smallest absolute Gasteiger partial charge is 0.169 e. The lowest BCUT2D eigenvalue weighted by Gasteiger charge is -2.09. The molecule has 5 heteroatoms. The second kappa shape index (κ2) is 3.84. The lowest BCUT2D eigenvalue weighted by Crippen LogP contribution is -2.04. The molecule has 1 heterocycles. The lowest BCUT2D eigenvalue weighted by molar-refractivity contribution is 0.412. The summed E-state index contributed by atoms with van der Waals surface area (Å²) in [5.41, 5.74) is 8.93. The third-order valence-corrected chi connectivity index (χ3v) is 2.46. The molecule has 2 N–H and O–H groups in total. The van der Waals surface area contributed by atoms with E-state index in [4.69, 9.17) is 10.5 Å². The van der Waals surface area contributed by atoms with Gasteiger partial charge >= 0.3 is 0 Å². The van der Waals surface area contributed by atoms with Gasteiger partial charge < -0.3 is 10.5 Å². The molecule has 0 aliphatic heterocycles. The van der Waals surface area contributed by atoms with Gasteiger partial charge in [-0.3, -0.25) is 0 Å². The zero-order valence-electron chi connectivity index (χ0n) is 9.56. The van der Waals surface area contributed by atoms with Gasteiger partial charge in [-0.2, -0.15) is 10.2 Å². The van der Waals surface area contributed by atoms with Crippen molar-refractivity contribution in [1.29, 1.82) is 0 Å². The normalized spacial score (nSPS) is 10.4. The minimum absolute atomic E-state index is 0.576. The summed E-state index contributed by atoms with van der Waals surface area (Å²) in [6.45, 7) is 3.83. The predicted octanol–water partition coefficient (Wildman–Crippen LogP) is 1.47. The average Bonchev–Trinajstić information content (AvgIpc) is 2.59. The standard InChI is InChI=1S/C11H14N4O/c1-7-8(2)14-15(13-7)10-6-4-5-9(12)11(10)16-3/h4-6H,12H2,1-3H3. The first-order valence-corrected chi connectivity index (χ1v) is 4.97. The van der Waals surface area contributed by atoms with Crippen LogP contribution in [-0.2, 0) is 0 Å². The number of hydrogen-bond acceptors (Lipinski definition) is 4. The molecule has 0 saturated heterocycles. The van der Waals surface area contributed by atoms with Crippen LogP contribution in [0.2, 0.25) is 0 Å². The van der Waals surface area contributed by atoms with Crippen LogP contribution in [0.25, 0.3) is 5.69 Å². The van der Waals surface area contributed by atoms with E-state index in [0.717, 1.165) is 17.1 Å². The highest BCUT2D eigenvalue weighted by Crippen LogP contribution is 2.28. The van der Waals surface area contributed by atoms with E-state index in [2.05, 4.69) is 10.2 Å². The van der Waals surface area contributed by atoms with Crippen molar-refractivity contribution < 1.29 is 4.74 Å². The molecule has 16 heavy (non-hydrogen) atoms. The number of aromatic nitrogens is 3. The molecule has 0 fully saturated rings. The van der Waals surface area contributed by atoms with E-state index in [1.807, 2.05) is 26.0 Å². The maximum absolute atomic E-state index is 5.82. The van der Waals surface area contributed by atoms with Crippen LogP contribution in [-0.4, -0.2) is 22.1 Å². The molecule has 84 valence electrons. The number of rotatable bonds is 2. The Balaban J connectivity index is 2.59. The van der Waals surface area contributed by atoms with Crippen molar-refractivity contribution >= 4 is 5.69 Å². The van der Waals surface area contributed by atoms with Crippen LogP contribution in [0.4, 0.5) is 5.69 Å². The highest BCUT2D eigenvalue weighted by Gasteiger charge is 2.11. The van der Waals surface area contributed by atoms with E-state index in [9.17, 15) is 0 Å². The van der Waals surface area contributed by atoms with Crippen molar-refractivity contribution in [2.75, 3.05) is 12.8 Å². The van der Waals surface area contributed by atoms with Crippen LogP contribution in [0.15, 0.2) is 18.2 Å². The summed E-state index contributed by atoms with van der Waals surface area (Å²) >= 11 is 0. The average molecular weight is 218 g/mol. The molecule has 2 aromatic rings. The number of anilines is 1. The van der Waals surface area contributed by atoms with E-state index in [1.165, 1.54) is 0 Å². The zero-order chi connectivity index (χ0) is 11.7. The molecule has 0 atom stereocenters. The summed E-state index contributed by atoms with van der Waals surface area (Å²) in [5, 5.41) is 8.60. The minimum atomic E-state index is 0.576. The van der Waals surface area contributed by atoms with Gasteiger partial charge in [0.15, 0.2) is 5.75 Å². The first-order valence-electron chi connectivity index (χ1n) is 4.97. The fraction of sp³-hybridized carbons (Fsp3) is 0.273. The number of hydrogen-bond donors (Lipinski definition) is 1. The van der Waals surface area contributed by atoms with E-state index < -0.39 is 0 Å². The second-order valence-electron chi connectivity index (χ2n) is 3.56. The molecule has 0 unspecified atom stereocenters. The first-order chi connectivity index (χ1) is 7.63. The molecular weight excluding hydrogens is 204 g/mol. The zero-order valence-corrected chi connectivity index (χ0v) is 9.56. The Morgan fingerprint density at radius 2 is 1.81 bits per heavy atom. The van der Waals surface area contributed by atoms with Crippen LogP contribution in [0.1, 0.15) is 11.4 Å². The third kappa shape index (κ3) is 1.60. The highest BCUT2D eigenvalue weighted by molar-refractivity contribution is 5.62. The molecule has 1 aromatic heterocycles. The van der Waals surface area contributed by atoms with Gasteiger partial charge in [0.1, 0.15) is 5.69 Å². The first kappa shape index (κ1) is 10.5. The van der Waals surface area contributed by atoms with E-state index in [-0.39, 0.29) is 0 Å². The molecule has 0 aliphatic rings. The van der Waals surface area contributed by atoms with Crippen molar-refractivity contribution in [1.82, 2.24) is 15.0 Å². The van der Waals surface area contributed by atoms with Gasteiger partial charge in [-0.15, -0.1) is 4.80 Å². The SMILES string of the molecule is COc1c(N)cccc1-n1nc(C)c(C)n1. The number of benzene rings is 1. The van der Waals surface area contributed by atoms with Gasteiger partial charge in [0.2, 0.25) is 0 Å². The molecular formula is C11H14N4O. The Morgan fingerprint density at radius 1 is 1.19 bits per heavy atom. The fourth-order valence-electron chi connectivity index (χ4n) is 1.48. The number of methoxy groups -OCH3 is 1. The van der Waals surface area contributed by atoms with Gasteiger partial charge in [-0.05, 0) is 26.0 Å². The number of aryl methyl sites for hydroxylation is 2. The van der Waals surface area contributed by atoms with E-state index in [0.29, 0.717) is 11.4 Å². The topological polar surface area (TPSA) is 66.0 Å². The quantitative estimate of drug-likeness (QED) is 0.775. The summed E-state index contributed by atoms with van der Waals surface area (Å²) in [7, 11) is 1.58. The lowest BCUT2D eigenvalue weighted by atomic mass is 10.2. The molecule has 0 amide bonds. The number of nitrogens with zero attached hydrogens (tertiary/aromatic N) is 3. The molecule has 0 bridgehead atoms. The maximum Gasteiger partial charge on any atom is 0.169 e. The van der Waals surface area contributed by atoms with Crippen LogP contribution < -0.4 is 10.5 Å². The Bertz CT molecular complexity index is 499. The number of nitrogens with two attached hydrogens (primary N) is 1. The Hall–Kier alpha value is -2.04. The van der Waals surface area contributed by atoms with Gasteiger partial charge in [-0.25, -0.2) is 0 Å². The van der Waals surface area contributed by atoms with Crippen molar-refractivity contribution in [2.45, 2.75) is 13.8 Å². The van der Waals surface area contributed by atoms with Gasteiger partial charge in [0.05, 0.1) is 24.2 Å². The van der Waals surface area contributed by atoms with Crippen molar-refractivity contribution in [3.05, 3.63) is 29.6 Å². The monoisotopic (exact) mass is 218 g/mol. The van der Waals surface area contributed by atoms with Crippen LogP contribution in [0.3, 0.4) is 0 Å². The Kier molecular flexibility index (Phi) is 2.52. The summed E-state index contributed by atoms with van der Waals surface area (Å²) < 4.78 is 5.25. The van der Waals surface area contributed by atoms with E-state index >= 15 is 0 Å². The number of nitrogen functional groups attached to an aromatic ring is 1. The largest absolute Gasteiger partial charge is 0.492 e. The molecule has 2 rings (SSSR count).